The molecule has 3 aromatic carbocycles. The van der Waals surface area contributed by atoms with Crippen molar-refractivity contribution in [1.82, 2.24) is 4.57 Å². The van der Waals surface area contributed by atoms with E-state index < -0.39 is 10.0 Å². The van der Waals surface area contributed by atoms with Crippen LogP contribution >= 0.6 is 22.9 Å². The lowest BCUT2D eigenvalue weighted by Crippen LogP contribution is -2.14. The molecular formula is C21H17ClN2O4S2. The van der Waals surface area contributed by atoms with E-state index in [9.17, 15) is 13.2 Å². The Morgan fingerprint density at radius 3 is 2.40 bits per heavy atom. The van der Waals surface area contributed by atoms with Gasteiger partial charge >= 0.3 is 4.87 Å². The van der Waals surface area contributed by atoms with E-state index in [2.05, 4.69) is 4.72 Å². The van der Waals surface area contributed by atoms with Gasteiger partial charge in [0.2, 0.25) is 0 Å². The van der Waals surface area contributed by atoms with Gasteiger partial charge in [0.25, 0.3) is 10.0 Å². The summed E-state index contributed by atoms with van der Waals surface area (Å²) in [6.45, 7) is 0.381. The highest BCUT2D eigenvalue weighted by atomic mass is 35.5. The number of hydrogen-bond donors (Lipinski definition) is 1. The van der Waals surface area contributed by atoms with Gasteiger partial charge in [-0.15, -0.1) is 0 Å². The zero-order chi connectivity index (χ0) is 21.3. The summed E-state index contributed by atoms with van der Waals surface area (Å²) >= 11 is 6.93. The maximum Gasteiger partial charge on any atom is 0.308 e. The molecule has 0 saturated carbocycles. The molecule has 0 aliphatic rings. The van der Waals surface area contributed by atoms with Gasteiger partial charge in [-0.25, -0.2) is 8.42 Å². The molecule has 0 spiro atoms. The van der Waals surface area contributed by atoms with Crippen LogP contribution in [0.2, 0.25) is 5.02 Å². The zero-order valence-corrected chi connectivity index (χ0v) is 18.2. The maximum atomic E-state index is 12.8. The molecule has 1 aromatic heterocycles. The van der Waals surface area contributed by atoms with E-state index in [1.54, 1.807) is 54.1 Å². The second kappa shape index (κ2) is 8.14. The van der Waals surface area contributed by atoms with Gasteiger partial charge in [-0.1, -0.05) is 35.1 Å². The van der Waals surface area contributed by atoms with E-state index in [1.807, 2.05) is 12.1 Å². The molecule has 4 rings (SSSR count). The summed E-state index contributed by atoms with van der Waals surface area (Å²) in [6, 6.07) is 18.5. The first kappa shape index (κ1) is 20.5. The maximum absolute atomic E-state index is 12.8. The quantitative estimate of drug-likeness (QED) is 0.457. The lowest BCUT2D eigenvalue weighted by molar-refractivity contribution is 0.415. The van der Waals surface area contributed by atoms with Crippen LogP contribution in [0.1, 0.15) is 5.56 Å². The van der Waals surface area contributed by atoms with Gasteiger partial charge in [-0.2, -0.15) is 0 Å². The van der Waals surface area contributed by atoms with Crippen molar-refractivity contribution < 1.29 is 13.2 Å². The third kappa shape index (κ3) is 4.21. The summed E-state index contributed by atoms with van der Waals surface area (Å²) in [7, 11) is -2.26. The predicted octanol–water partition coefficient (Wildman–Crippen LogP) is 4.57. The molecule has 4 aromatic rings. The molecule has 30 heavy (non-hydrogen) atoms. The summed E-state index contributed by atoms with van der Waals surface area (Å²) in [6.07, 6.45) is 0. The number of hydrogen-bond acceptors (Lipinski definition) is 5. The number of nitrogens with zero attached hydrogens (tertiary/aromatic N) is 1. The van der Waals surface area contributed by atoms with Crippen molar-refractivity contribution in [3.63, 3.8) is 0 Å². The molecule has 0 fully saturated rings. The molecule has 1 N–H and O–H groups in total. The van der Waals surface area contributed by atoms with Crippen LogP contribution in [-0.2, 0) is 16.6 Å². The smallest absolute Gasteiger partial charge is 0.308 e. The molecule has 0 amide bonds. The van der Waals surface area contributed by atoms with Crippen molar-refractivity contribution in [3.8, 4) is 5.75 Å². The number of methoxy groups -OCH3 is 1. The number of halogens is 1. The topological polar surface area (TPSA) is 77.4 Å². The summed E-state index contributed by atoms with van der Waals surface area (Å²) in [4.78, 5) is 12.4. The minimum absolute atomic E-state index is 0.0886. The third-order valence-electron chi connectivity index (χ3n) is 4.55. The van der Waals surface area contributed by atoms with Gasteiger partial charge in [0.1, 0.15) is 5.75 Å². The van der Waals surface area contributed by atoms with Gasteiger partial charge in [-0.05, 0) is 60.2 Å². The normalized spacial score (nSPS) is 11.5. The molecule has 6 nitrogen and oxygen atoms in total. The Kier molecular flexibility index (Phi) is 5.55. The Morgan fingerprint density at radius 1 is 1.03 bits per heavy atom. The van der Waals surface area contributed by atoms with E-state index in [-0.39, 0.29) is 9.77 Å². The molecule has 0 unspecified atom stereocenters. The minimum Gasteiger partial charge on any atom is -0.497 e. The molecule has 0 aliphatic heterocycles. The zero-order valence-electron chi connectivity index (χ0n) is 15.8. The largest absolute Gasteiger partial charge is 0.497 e. The van der Waals surface area contributed by atoms with Gasteiger partial charge < -0.3 is 4.74 Å². The molecule has 0 atom stereocenters. The second-order valence-corrected chi connectivity index (χ2v) is 9.66. The van der Waals surface area contributed by atoms with Crippen LogP contribution in [0.25, 0.3) is 10.2 Å². The first-order valence-electron chi connectivity index (χ1n) is 8.90. The number of benzene rings is 3. The van der Waals surface area contributed by atoms with Crippen molar-refractivity contribution in [3.05, 3.63) is 87.0 Å². The Hall–Kier alpha value is -2.81. The number of ether oxygens (including phenoxy) is 1. The Bertz CT molecular complexity index is 1360. The molecule has 0 saturated heterocycles. The van der Waals surface area contributed by atoms with Crippen LogP contribution in [0.4, 0.5) is 5.69 Å². The van der Waals surface area contributed by atoms with E-state index in [0.717, 1.165) is 16.9 Å². The van der Waals surface area contributed by atoms with Crippen LogP contribution < -0.4 is 14.3 Å². The SMILES string of the molecule is COc1ccc(NS(=O)(=O)c2ccc3c(c2)sc(=O)n3Cc2ccc(Cl)cc2)cc1. The monoisotopic (exact) mass is 460 g/mol. The van der Waals surface area contributed by atoms with Crippen LogP contribution in [0.15, 0.2) is 76.4 Å². The Balaban J connectivity index is 1.64. The van der Waals surface area contributed by atoms with Crippen molar-refractivity contribution in [2.24, 2.45) is 0 Å². The van der Waals surface area contributed by atoms with E-state index in [4.69, 9.17) is 16.3 Å². The molecule has 1 heterocycles. The Morgan fingerprint density at radius 2 is 1.73 bits per heavy atom. The average molecular weight is 461 g/mol. The lowest BCUT2D eigenvalue weighted by atomic mass is 10.2. The highest BCUT2D eigenvalue weighted by Crippen LogP contribution is 2.25. The number of fused-ring (bicyclic) bond motifs is 1. The average Bonchev–Trinajstić information content (AvgIpc) is 3.04. The van der Waals surface area contributed by atoms with Crippen LogP contribution in [0, 0.1) is 0 Å². The van der Waals surface area contributed by atoms with Crippen LogP contribution in [0.3, 0.4) is 0 Å². The predicted molar refractivity (Wildman–Crippen MR) is 120 cm³/mol. The van der Waals surface area contributed by atoms with Crippen molar-refractivity contribution >= 4 is 48.9 Å². The first-order valence-corrected chi connectivity index (χ1v) is 11.6. The number of nitrogens with one attached hydrogen (secondary N) is 1. The Labute approximate surface area is 182 Å². The fraction of sp³-hybridized carbons (Fsp3) is 0.0952. The van der Waals surface area contributed by atoms with Gasteiger partial charge in [0, 0.05) is 10.7 Å². The second-order valence-electron chi connectivity index (χ2n) is 6.54. The fourth-order valence-corrected chi connectivity index (χ4v) is 5.22. The number of thiazole rings is 1. The van der Waals surface area contributed by atoms with Crippen LogP contribution in [0.5, 0.6) is 5.75 Å². The minimum atomic E-state index is -3.80. The number of rotatable bonds is 6. The standard InChI is InChI=1S/C21H17ClN2O4S2/c1-28-17-8-6-16(7-9-17)23-30(26,27)18-10-11-19-20(12-18)29-21(25)24(19)13-14-2-4-15(22)5-3-14/h2-12,23H,13H2,1H3. The van der Waals surface area contributed by atoms with E-state index in [0.29, 0.717) is 33.2 Å². The fourth-order valence-electron chi connectivity index (χ4n) is 3.01. The third-order valence-corrected chi connectivity index (χ3v) is 7.12. The molecular weight excluding hydrogens is 444 g/mol. The van der Waals surface area contributed by atoms with Crippen molar-refractivity contribution in [1.29, 1.82) is 0 Å². The summed E-state index contributed by atoms with van der Waals surface area (Å²) < 4.78 is 35.4. The summed E-state index contributed by atoms with van der Waals surface area (Å²) in [5.41, 5.74) is 2.03. The van der Waals surface area contributed by atoms with Crippen molar-refractivity contribution in [2.45, 2.75) is 11.4 Å². The van der Waals surface area contributed by atoms with E-state index >= 15 is 0 Å². The van der Waals surface area contributed by atoms with Gasteiger partial charge in [-0.3, -0.25) is 14.1 Å². The highest BCUT2D eigenvalue weighted by Gasteiger charge is 2.17. The highest BCUT2D eigenvalue weighted by molar-refractivity contribution is 7.92. The number of aromatic nitrogens is 1. The van der Waals surface area contributed by atoms with Crippen molar-refractivity contribution in [2.75, 3.05) is 11.8 Å². The van der Waals surface area contributed by atoms with E-state index in [1.165, 1.54) is 12.1 Å². The molecule has 9 heteroatoms. The number of sulfonamides is 1. The lowest BCUT2D eigenvalue weighted by Gasteiger charge is -2.09. The molecule has 154 valence electrons. The molecule has 0 aliphatic carbocycles. The van der Waals surface area contributed by atoms with Gasteiger partial charge in [0.05, 0.1) is 28.8 Å². The van der Waals surface area contributed by atoms with Gasteiger partial charge in [0.15, 0.2) is 0 Å². The number of anilines is 1. The summed E-state index contributed by atoms with van der Waals surface area (Å²) in [5, 5.41) is 0.625. The van der Waals surface area contributed by atoms with Crippen LogP contribution in [-0.4, -0.2) is 20.1 Å². The summed E-state index contributed by atoms with van der Waals surface area (Å²) in [5.74, 6) is 0.631. The molecule has 0 radical (unpaired) electrons. The first-order chi connectivity index (χ1) is 14.4. The molecule has 0 bridgehead atoms.